The third-order valence-electron chi connectivity index (χ3n) is 3.33. The van der Waals surface area contributed by atoms with Gasteiger partial charge in [0.25, 0.3) is 0 Å². The number of thiophene rings is 1. The maximum atomic E-state index is 9.85. The Hall–Kier alpha value is -1.36. The second-order valence-corrected chi connectivity index (χ2v) is 5.88. The van der Waals surface area contributed by atoms with E-state index in [-0.39, 0.29) is 6.61 Å². The summed E-state index contributed by atoms with van der Waals surface area (Å²) in [4.78, 5) is 1.25. The van der Waals surface area contributed by atoms with Gasteiger partial charge in [0.05, 0.1) is 18.8 Å². The highest BCUT2D eigenvalue weighted by atomic mass is 32.1. The van der Waals surface area contributed by atoms with Crippen molar-refractivity contribution in [2.75, 3.05) is 13.2 Å². The van der Waals surface area contributed by atoms with Gasteiger partial charge in [0.1, 0.15) is 5.75 Å². The van der Waals surface area contributed by atoms with Crippen LogP contribution in [-0.2, 0) is 12.1 Å². The molecule has 108 valence electrons. The van der Waals surface area contributed by atoms with Gasteiger partial charge in [0.2, 0.25) is 0 Å². The number of aliphatic hydroxyl groups is 1. The lowest BCUT2D eigenvalue weighted by Gasteiger charge is -2.31. The molecule has 1 aromatic heterocycles. The third kappa shape index (κ3) is 3.39. The van der Waals surface area contributed by atoms with Crippen LogP contribution in [0, 0.1) is 0 Å². The molecule has 0 aliphatic carbocycles. The van der Waals surface area contributed by atoms with E-state index in [9.17, 15) is 5.11 Å². The highest BCUT2D eigenvalue weighted by Gasteiger charge is 2.28. The van der Waals surface area contributed by atoms with E-state index in [0.29, 0.717) is 6.61 Å². The van der Waals surface area contributed by atoms with Crippen molar-refractivity contribution < 1.29 is 9.84 Å². The number of rotatable bonds is 7. The standard InChI is InChI=1S/C16H21NO2S/c1-3-19-15-9-5-4-8-14(15)16(2,12-18)17-11-13-7-6-10-20-13/h4-10,17-18H,3,11-12H2,1-2H3. The predicted molar refractivity (Wildman–Crippen MR) is 83.2 cm³/mol. The summed E-state index contributed by atoms with van der Waals surface area (Å²) in [5.74, 6) is 0.824. The summed E-state index contributed by atoms with van der Waals surface area (Å²) in [6, 6.07) is 12.0. The third-order valence-corrected chi connectivity index (χ3v) is 4.21. The predicted octanol–water partition coefficient (Wildman–Crippen LogP) is 3.14. The summed E-state index contributed by atoms with van der Waals surface area (Å²) < 4.78 is 5.67. The molecule has 20 heavy (non-hydrogen) atoms. The fourth-order valence-electron chi connectivity index (χ4n) is 2.14. The summed E-state index contributed by atoms with van der Waals surface area (Å²) in [5.41, 5.74) is 0.469. The van der Waals surface area contributed by atoms with Crippen LogP contribution in [0.2, 0.25) is 0 Å². The van der Waals surface area contributed by atoms with Crippen LogP contribution in [0.1, 0.15) is 24.3 Å². The summed E-state index contributed by atoms with van der Waals surface area (Å²) in [6.45, 7) is 5.33. The first-order chi connectivity index (χ1) is 9.69. The van der Waals surface area contributed by atoms with E-state index in [0.717, 1.165) is 17.9 Å². The molecular weight excluding hydrogens is 270 g/mol. The van der Waals surface area contributed by atoms with Crippen LogP contribution in [0.25, 0.3) is 0 Å². The minimum Gasteiger partial charge on any atom is -0.494 e. The molecule has 2 aromatic rings. The molecule has 2 rings (SSSR count). The zero-order chi connectivity index (χ0) is 14.4. The number of nitrogens with one attached hydrogen (secondary N) is 1. The number of para-hydroxylation sites is 1. The van der Waals surface area contributed by atoms with Crippen LogP contribution >= 0.6 is 11.3 Å². The zero-order valence-electron chi connectivity index (χ0n) is 11.9. The number of hydrogen-bond acceptors (Lipinski definition) is 4. The van der Waals surface area contributed by atoms with Gasteiger partial charge in [-0.1, -0.05) is 24.3 Å². The smallest absolute Gasteiger partial charge is 0.124 e. The normalized spacial score (nSPS) is 13.9. The Labute approximate surface area is 124 Å². The molecule has 0 radical (unpaired) electrons. The minimum atomic E-state index is -0.518. The topological polar surface area (TPSA) is 41.5 Å². The molecule has 0 spiro atoms. The first kappa shape index (κ1) is 15.0. The number of hydrogen-bond donors (Lipinski definition) is 2. The van der Waals surface area contributed by atoms with Crippen LogP contribution in [0.4, 0.5) is 0 Å². The zero-order valence-corrected chi connectivity index (χ0v) is 12.7. The van der Waals surface area contributed by atoms with E-state index in [1.54, 1.807) is 11.3 Å². The van der Waals surface area contributed by atoms with Crippen molar-refractivity contribution in [1.82, 2.24) is 5.32 Å². The first-order valence-electron chi connectivity index (χ1n) is 6.80. The highest BCUT2D eigenvalue weighted by molar-refractivity contribution is 7.09. The molecule has 0 amide bonds. The quantitative estimate of drug-likeness (QED) is 0.823. The minimum absolute atomic E-state index is 0.0163. The Morgan fingerprint density at radius 1 is 1.25 bits per heavy atom. The van der Waals surface area contributed by atoms with Gasteiger partial charge < -0.3 is 15.2 Å². The van der Waals surface area contributed by atoms with Gasteiger partial charge in [-0.2, -0.15) is 0 Å². The van der Waals surface area contributed by atoms with Gasteiger partial charge in [-0.05, 0) is 31.4 Å². The molecular formula is C16H21NO2S. The number of aliphatic hydroxyl groups excluding tert-OH is 1. The van der Waals surface area contributed by atoms with Crippen LogP contribution in [0.15, 0.2) is 41.8 Å². The van der Waals surface area contributed by atoms with E-state index < -0.39 is 5.54 Å². The Bertz CT molecular complexity index is 527. The molecule has 0 saturated carbocycles. The van der Waals surface area contributed by atoms with Crippen molar-refractivity contribution in [1.29, 1.82) is 0 Å². The van der Waals surface area contributed by atoms with Crippen molar-refractivity contribution in [3.8, 4) is 5.75 Å². The van der Waals surface area contributed by atoms with Gasteiger partial charge >= 0.3 is 0 Å². The average molecular weight is 291 g/mol. The molecule has 0 aliphatic heterocycles. The summed E-state index contributed by atoms with van der Waals surface area (Å²) >= 11 is 1.71. The Morgan fingerprint density at radius 2 is 2.05 bits per heavy atom. The van der Waals surface area contributed by atoms with Gasteiger partial charge in [0.15, 0.2) is 0 Å². The lowest BCUT2D eigenvalue weighted by atomic mass is 9.92. The SMILES string of the molecule is CCOc1ccccc1C(C)(CO)NCc1cccs1. The lowest BCUT2D eigenvalue weighted by Crippen LogP contribution is -2.42. The fourth-order valence-corrected chi connectivity index (χ4v) is 2.78. The van der Waals surface area contributed by atoms with Gasteiger partial charge in [-0.15, -0.1) is 11.3 Å². The van der Waals surface area contributed by atoms with Crippen molar-refractivity contribution in [2.24, 2.45) is 0 Å². The van der Waals surface area contributed by atoms with Crippen LogP contribution < -0.4 is 10.1 Å². The van der Waals surface area contributed by atoms with Crippen molar-refractivity contribution in [2.45, 2.75) is 25.9 Å². The van der Waals surface area contributed by atoms with Crippen LogP contribution in [-0.4, -0.2) is 18.3 Å². The number of ether oxygens (including phenoxy) is 1. The largest absolute Gasteiger partial charge is 0.494 e. The van der Waals surface area contributed by atoms with Gasteiger partial charge in [-0.25, -0.2) is 0 Å². The molecule has 1 aromatic carbocycles. The van der Waals surface area contributed by atoms with Crippen LogP contribution in [0.5, 0.6) is 5.75 Å². The van der Waals surface area contributed by atoms with E-state index >= 15 is 0 Å². The fraction of sp³-hybridized carbons (Fsp3) is 0.375. The first-order valence-corrected chi connectivity index (χ1v) is 7.68. The molecule has 0 saturated heterocycles. The molecule has 4 heteroatoms. The second kappa shape index (κ2) is 6.88. The van der Waals surface area contributed by atoms with E-state index in [2.05, 4.69) is 16.8 Å². The van der Waals surface area contributed by atoms with Gasteiger partial charge in [-0.3, -0.25) is 0 Å². The van der Waals surface area contributed by atoms with E-state index in [1.165, 1.54) is 4.88 Å². The Balaban J connectivity index is 2.20. The van der Waals surface area contributed by atoms with Crippen LogP contribution in [0.3, 0.4) is 0 Å². The molecule has 2 N–H and O–H groups in total. The summed E-state index contributed by atoms with van der Waals surface area (Å²) in [6.07, 6.45) is 0. The van der Waals surface area contributed by atoms with Crippen molar-refractivity contribution >= 4 is 11.3 Å². The molecule has 1 heterocycles. The van der Waals surface area contributed by atoms with Crippen molar-refractivity contribution in [3.05, 3.63) is 52.2 Å². The summed E-state index contributed by atoms with van der Waals surface area (Å²) in [5, 5.41) is 15.3. The summed E-state index contributed by atoms with van der Waals surface area (Å²) in [7, 11) is 0. The second-order valence-electron chi connectivity index (χ2n) is 4.85. The Kier molecular flexibility index (Phi) is 5.17. The van der Waals surface area contributed by atoms with Gasteiger partial charge in [0, 0.05) is 17.0 Å². The molecule has 0 fully saturated rings. The maximum absolute atomic E-state index is 9.85. The van der Waals surface area contributed by atoms with Crippen molar-refractivity contribution in [3.63, 3.8) is 0 Å². The lowest BCUT2D eigenvalue weighted by molar-refractivity contribution is 0.169. The maximum Gasteiger partial charge on any atom is 0.124 e. The molecule has 1 unspecified atom stereocenters. The van der Waals surface area contributed by atoms with E-state index in [4.69, 9.17) is 4.74 Å². The highest BCUT2D eigenvalue weighted by Crippen LogP contribution is 2.30. The Morgan fingerprint density at radius 3 is 2.70 bits per heavy atom. The molecule has 3 nitrogen and oxygen atoms in total. The molecule has 0 bridgehead atoms. The number of benzene rings is 1. The van der Waals surface area contributed by atoms with E-state index in [1.807, 2.05) is 44.2 Å². The molecule has 0 aliphatic rings. The molecule has 1 atom stereocenters. The average Bonchev–Trinajstić information content (AvgIpc) is 2.99. The monoisotopic (exact) mass is 291 g/mol.